The van der Waals surface area contributed by atoms with E-state index >= 15 is 0 Å². The lowest BCUT2D eigenvalue weighted by Crippen LogP contribution is -2.31. The average Bonchev–Trinajstić information content (AvgIpc) is 2.52. The van der Waals surface area contributed by atoms with E-state index in [4.69, 9.17) is 9.84 Å². The van der Waals surface area contributed by atoms with E-state index < -0.39 is 5.97 Å². The quantitative estimate of drug-likeness (QED) is 0.720. The first kappa shape index (κ1) is 10.7. The van der Waals surface area contributed by atoms with Crippen LogP contribution < -0.4 is 0 Å². The van der Waals surface area contributed by atoms with Gasteiger partial charge in [0.2, 0.25) is 0 Å². The second kappa shape index (κ2) is 4.35. The van der Waals surface area contributed by atoms with Crippen LogP contribution in [0.25, 0.3) is 0 Å². The highest BCUT2D eigenvalue weighted by Crippen LogP contribution is 2.31. The molecule has 0 saturated heterocycles. The van der Waals surface area contributed by atoms with E-state index in [1.165, 1.54) is 6.20 Å². The number of hydrogen-bond donors (Lipinski definition) is 1. The van der Waals surface area contributed by atoms with Crippen molar-refractivity contribution in [3.8, 4) is 0 Å². The molecule has 0 aromatic rings. The summed E-state index contributed by atoms with van der Waals surface area (Å²) in [6.07, 6.45) is 10.2. The van der Waals surface area contributed by atoms with Crippen LogP contribution in [-0.4, -0.2) is 23.9 Å². The number of carboxylic acid groups (broad SMARTS) is 1. The number of hydrogen-bond acceptors (Lipinski definition) is 3. The van der Waals surface area contributed by atoms with Crippen molar-refractivity contribution in [2.75, 3.05) is 7.11 Å². The largest absolute Gasteiger partial charge is 0.499 e. The smallest absolute Gasteiger partial charge is 0.350 e. The second-order valence-electron chi connectivity index (χ2n) is 3.70. The van der Waals surface area contributed by atoms with Crippen LogP contribution in [0.4, 0.5) is 0 Å². The average molecular weight is 219 g/mol. The molecule has 1 heterocycles. The van der Waals surface area contributed by atoms with E-state index in [9.17, 15) is 4.79 Å². The zero-order valence-corrected chi connectivity index (χ0v) is 8.96. The highest BCUT2D eigenvalue weighted by Gasteiger charge is 2.33. The molecule has 0 bridgehead atoms. The minimum absolute atomic E-state index is 0.0488. The molecule has 0 radical (unpaired) electrons. The summed E-state index contributed by atoms with van der Waals surface area (Å²) < 4.78 is 5.22. The van der Waals surface area contributed by atoms with Gasteiger partial charge >= 0.3 is 5.97 Å². The summed E-state index contributed by atoms with van der Waals surface area (Å²) in [5, 5.41) is 9.07. The van der Waals surface area contributed by atoms with Crippen LogP contribution in [0, 0.1) is 11.8 Å². The summed E-state index contributed by atoms with van der Waals surface area (Å²) in [7, 11) is 1.58. The topological polar surface area (TPSA) is 58.9 Å². The summed E-state index contributed by atoms with van der Waals surface area (Å²) in [5.41, 5.74) is 0.175. The van der Waals surface area contributed by atoms with E-state index in [2.05, 4.69) is 4.99 Å². The summed E-state index contributed by atoms with van der Waals surface area (Å²) in [6.45, 7) is 0. The minimum atomic E-state index is -0.971. The van der Waals surface area contributed by atoms with Gasteiger partial charge in [0, 0.05) is 11.8 Å². The normalized spacial score (nSPS) is 27.6. The molecule has 2 aliphatic rings. The number of aliphatic carboxylic acids is 1. The van der Waals surface area contributed by atoms with Crippen LogP contribution in [0.5, 0.6) is 0 Å². The molecule has 1 N–H and O–H groups in total. The number of ether oxygens (including phenoxy) is 1. The van der Waals surface area contributed by atoms with Gasteiger partial charge in [-0.2, -0.15) is 0 Å². The van der Waals surface area contributed by atoms with Crippen LogP contribution in [-0.2, 0) is 9.53 Å². The zero-order chi connectivity index (χ0) is 11.5. The molecular weight excluding hydrogens is 206 g/mol. The Morgan fingerprint density at radius 1 is 1.44 bits per heavy atom. The van der Waals surface area contributed by atoms with Crippen molar-refractivity contribution >= 4 is 11.7 Å². The van der Waals surface area contributed by atoms with Crippen molar-refractivity contribution in [2.24, 2.45) is 16.8 Å². The predicted molar refractivity (Wildman–Crippen MR) is 60.0 cm³/mol. The lowest BCUT2D eigenvalue weighted by Gasteiger charge is -2.25. The number of fused-ring (bicyclic) bond motifs is 1. The van der Waals surface area contributed by atoms with E-state index in [0.29, 0.717) is 5.76 Å². The number of allylic oxidation sites excluding steroid dienone is 4. The van der Waals surface area contributed by atoms with Gasteiger partial charge in [-0.15, -0.1) is 0 Å². The predicted octanol–water partition coefficient (Wildman–Crippen LogP) is 1.76. The van der Waals surface area contributed by atoms with Crippen LogP contribution in [0.2, 0.25) is 0 Å². The molecule has 0 aromatic carbocycles. The van der Waals surface area contributed by atoms with Crippen LogP contribution in [0.3, 0.4) is 0 Å². The molecule has 0 fully saturated rings. The van der Waals surface area contributed by atoms with Gasteiger partial charge < -0.3 is 9.84 Å². The lowest BCUT2D eigenvalue weighted by molar-refractivity contribution is -0.129. The Morgan fingerprint density at radius 2 is 2.12 bits per heavy atom. The fourth-order valence-corrected chi connectivity index (χ4v) is 1.99. The lowest BCUT2D eigenvalue weighted by atomic mass is 9.85. The third kappa shape index (κ3) is 1.78. The second-order valence-corrected chi connectivity index (χ2v) is 3.70. The van der Waals surface area contributed by atoms with Crippen molar-refractivity contribution in [1.29, 1.82) is 0 Å². The molecule has 4 heteroatoms. The number of methoxy groups -OCH3 is 1. The minimum Gasteiger partial charge on any atom is -0.499 e. The van der Waals surface area contributed by atoms with E-state index in [1.54, 1.807) is 7.11 Å². The van der Waals surface area contributed by atoms with Crippen LogP contribution in [0.1, 0.15) is 6.42 Å². The summed E-state index contributed by atoms with van der Waals surface area (Å²) >= 11 is 0. The van der Waals surface area contributed by atoms with Gasteiger partial charge in [0.15, 0.2) is 0 Å². The van der Waals surface area contributed by atoms with Crippen molar-refractivity contribution in [2.45, 2.75) is 6.42 Å². The molecule has 0 amide bonds. The first-order valence-electron chi connectivity index (χ1n) is 5.12. The molecule has 2 atom stereocenters. The first-order chi connectivity index (χ1) is 7.74. The summed E-state index contributed by atoms with van der Waals surface area (Å²) in [6, 6.07) is 0. The molecule has 1 aliphatic carbocycles. The number of carboxylic acids is 1. The SMILES string of the molecule is COC1=CN=C(C(=O)O)C2C=CCC=CC12. The maximum atomic E-state index is 11.1. The number of nitrogens with zero attached hydrogens (tertiary/aromatic N) is 1. The van der Waals surface area contributed by atoms with Crippen molar-refractivity contribution < 1.29 is 14.6 Å². The number of rotatable bonds is 2. The van der Waals surface area contributed by atoms with Gasteiger partial charge in [0.05, 0.1) is 13.3 Å². The van der Waals surface area contributed by atoms with Crippen molar-refractivity contribution in [3.63, 3.8) is 0 Å². The monoisotopic (exact) mass is 219 g/mol. The summed E-state index contributed by atoms with van der Waals surface area (Å²) in [4.78, 5) is 15.0. The zero-order valence-electron chi connectivity index (χ0n) is 8.96. The maximum Gasteiger partial charge on any atom is 0.350 e. The van der Waals surface area contributed by atoms with Gasteiger partial charge in [0.1, 0.15) is 11.5 Å². The molecular formula is C12H13NO3. The molecule has 0 saturated carbocycles. The molecule has 1 aliphatic heterocycles. The fourth-order valence-electron chi connectivity index (χ4n) is 1.99. The van der Waals surface area contributed by atoms with Gasteiger partial charge in [-0.25, -0.2) is 9.79 Å². The van der Waals surface area contributed by atoms with E-state index in [-0.39, 0.29) is 17.5 Å². The third-order valence-corrected chi connectivity index (χ3v) is 2.78. The van der Waals surface area contributed by atoms with E-state index in [0.717, 1.165) is 6.42 Å². The number of aliphatic imine (C=N–C) groups is 1. The van der Waals surface area contributed by atoms with E-state index in [1.807, 2.05) is 24.3 Å². The Morgan fingerprint density at radius 3 is 2.75 bits per heavy atom. The Balaban J connectivity index is 2.43. The molecule has 2 unspecified atom stereocenters. The Labute approximate surface area is 93.6 Å². The van der Waals surface area contributed by atoms with Crippen LogP contribution in [0.15, 0.2) is 41.3 Å². The summed E-state index contributed by atoms with van der Waals surface area (Å²) in [5.74, 6) is -0.539. The fraction of sp³-hybridized carbons (Fsp3) is 0.333. The van der Waals surface area contributed by atoms with Gasteiger partial charge in [-0.3, -0.25) is 0 Å². The Bertz CT molecular complexity index is 418. The highest BCUT2D eigenvalue weighted by atomic mass is 16.5. The molecule has 16 heavy (non-hydrogen) atoms. The van der Waals surface area contributed by atoms with Gasteiger partial charge in [0.25, 0.3) is 0 Å². The third-order valence-electron chi connectivity index (χ3n) is 2.78. The Kier molecular flexibility index (Phi) is 2.90. The molecule has 2 rings (SSSR count). The molecule has 4 nitrogen and oxygen atoms in total. The molecule has 0 aromatic heterocycles. The van der Waals surface area contributed by atoms with Crippen molar-refractivity contribution in [3.05, 3.63) is 36.3 Å². The number of carbonyl (C=O) groups is 1. The van der Waals surface area contributed by atoms with Gasteiger partial charge in [-0.1, -0.05) is 24.3 Å². The standard InChI is InChI=1S/C12H13NO3/c1-16-10-7-13-11(12(14)15)9-6-4-2-3-5-8(9)10/h3-9H,2H2,1H3,(H,14,15). The van der Waals surface area contributed by atoms with Gasteiger partial charge in [-0.05, 0) is 6.42 Å². The van der Waals surface area contributed by atoms with Crippen LogP contribution >= 0.6 is 0 Å². The first-order valence-corrected chi connectivity index (χ1v) is 5.12. The maximum absolute atomic E-state index is 11.1. The highest BCUT2D eigenvalue weighted by molar-refractivity contribution is 6.37. The molecule has 0 spiro atoms. The Hall–Kier alpha value is -1.84. The van der Waals surface area contributed by atoms with Crippen molar-refractivity contribution in [1.82, 2.24) is 0 Å². The molecule has 84 valence electrons.